The van der Waals surface area contributed by atoms with Gasteiger partial charge in [0.05, 0.1) is 18.8 Å². The summed E-state index contributed by atoms with van der Waals surface area (Å²) in [6.45, 7) is 5.07. The van der Waals surface area contributed by atoms with Crippen LogP contribution < -0.4 is 11.2 Å². The molecule has 17 nitrogen and oxygen atoms in total. The van der Waals surface area contributed by atoms with E-state index in [2.05, 4.69) is 0 Å². The number of carbonyl (C=O) groups excluding carboxylic acids is 1. The molecule has 0 aliphatic carbocycles. The number of aliphatic hydroxyl groups excluding tert-OH is 2. The number of hydrogen-bond acceptors (Lipinski definition) is 15. The molecular weight excluding hydrogens is 594 g/mol. The molecule has 242 valence electrons. The fourth-order valence-electron chi connectivity index (χ4n) is 3.75. The highest BCUT2D eigenvalue weighted by molar-refractivity contribution is 7.48. The molecule has 4 N–H and O–H groups in total. The summed E-state index contributed by atoms with van der Waals surface area (Å²) in [4.78, 5) is 37.6. The van der Waals surface area contributed by atoms with E-state index in [1.54, 1.807) is 27.7 Å². The minimum atomic E-state index is -4.98. The van der Waals surface area contributed by atoms with Crippen molar-refractivity contribution in [2.45, 2.75) is 103 Å². The smallest absolute Gasteiger partial charge is 0.432 e. The maximum absolute atomic E-state index is 14.5. The van der Waals surface area contributed by atoms with Crippen LogP contribution in [0.4, 0.5) is 9.18 Å². The van der Waals surface area contributed by atoms with Gasteiger partial charge in [-0.15, -0.1) is 0 Å². The first-order valence-corrected chi connectivity index (χ1v) is 14.2. The molecule has 1 aliphatic heterocycles. The third-order valence-electron chi connectivity index (χ3n) is 5.54. The van der Waals surface area contributed by atoms with Crippen molar-refractivity contribution in [3.05, 3.63) is 33.1 Å². The van der Waals surface area contributed by atoms with Crippen LogP contribution in [0.25, 0.3) is 0 Å². The second kappa shape index (κ2) is 14.5. The van der Waals surface area contributed by atoms with Crippen LogP contribution in [-0.2, 0) is 41.8 Å². The number of rotatable bonds is 15. The van der Waals surface area contributed by atoms with Crippen LogP contribution in [0.2, 0.25) is 0 Å². The van der Waals surface area contributed by atoms with Gasteiger partial charge in [-0.25, -0.2) is 23.1 Å². The number of halogens is 1. The minimum absolute atomic E-state index is 0.479. The zero-order valence-corrected chi connectivity index (χ0v) is 25.0. The van der Waals surface area contributed by atoms with Crippen LogP contribution >= 0.6 is 7.82 Å². The summed E-state index contributed by atoms with van der Waals surface area (Å²) in [6.07, 6.45) is -8.39. The molecule has 1 fully saturated rings. The molecule has 1 saturated heterocycles. The molecule has 19 heteroatoms. The summed E-state index contributed by atoms with van der Waals surface area (Å²) < 4.78 is 69.8. The highest BCUT2D eigenvalue weighted by Crippen LogP contribution is 2.54. The maximum Gasteiger partial charge on any atom is 0.510 e. The summed E-state index contributed by atoms with van der Waals surface area (Å²) in [7, 11) is -4.98. The van der Waals surface area contributed by atoms with Gasteiger partial charge in [-0.1, -0.05) is 0 Å². The molecule has 0 amide bonds. The van der Waals surface area contributed by atoms with E-state index >= 15 is 0 Å². The monoisotopic (exact) mass is 632 g/mol. The van der Waals surface area contributed by atoms with Gasteiger partial charge in [-0.05, 0) is 48.5 Å². The predicted octanol–water partition coefficient (Wildman–Crippen LogP) is 1.01. The van der Waals surface area contributed by atoms with Crippen molar-refractivity contribution < 1.29 is 66.3 Å². The van der Waals surface area contributed by atoms with Crippen molar-refractivity contribution in [1.29, 1.82) is 0 Å². The largest absolute Gasteiger partial charge is 0.510 e. The second-order valence-corrected chi connectivity index (χ2v) is 11.6. The predicted molar refractivity (Wildman–Crippen MR) is 137 cm³/mol. The number of alkyl halides is 1. The number of hydrogen-bond donors (Lipinski definition) is 4. The minimum Gasteiger partial charge on any atom is -0.432 e. The van der Waals surface area contributed by atoms with Gasteiger partial charge in [0.2, 0.25) is 6.29 Å². The van der Waals surface area contributed by atoms with Gasteiger partial charge in [-0.2, -0.15) is 0 Å². The molecule has 42 heavy (non-hydrogen) atoms. The molecule has 0 radical (unpaired) electrons. The van der Waals surface area contributed by atoms with E-state index in [0.29, 0.717) is 4.57 Å². The standard InChI is InChI=1S/C23H38FN2O15P/c1-12(2)35-20(30)37-14(5)40-42(33,41-15(6)38-21(31)36-13(3)4)34-11-23(10-24)17(28)22(7,32)18(39-23)26-9-8-16(27)25-19(26)29/h8-9,12-15,17-18,20,28,30,32H,10-11H2,1-7H3,(H,25,27,29)/t14?,15?,17-,18+,20?,22+,23+,42?/m0/s1. The van der Waals surface area contributed by atoms with E-state index in [0.717, 1.165) is 26.1 Å². The molecule has 2 heterocycles. The lowest BCUT2D eigenvalue weighted by atomic mass is 9.88. The lowest BCUT2D eigenvalue weighted by Gasteiger charge is -2.32. The second-order valence-electron chi connectivity index (χ2n) is 10.0. The third kappa shape index (κ3) is 9.37. The Morgan fingerprint density at radius 1 is 1.12 bits per heavy atom. The Morgan fingerprint density at radius 3 is 2.29 bits per heavy atom. The molecule has 0 spiro atoms. The lowest BCUT2D eigenvalue weighted by molar-refractivity contribution is -0.318. The Labute approximate surface area is 239 Å². The fourth-order valence-corrected chi connectivity index (χ4v) is 5.12. The molecule has 0 saturated carbocycles. The molecule has 1 aromatic heterocycles. The van der Waals surface area contributed by atoms with Crippen LogP contribution in [0, 0.1) is 0 Å². The van der Waals surface area contributed by atoms with E-state index in [9.17, 15) is 38.7 Å². The van der Waals surface area contributed by atoms with E-state index < -0.39 is 93.3 Å². The molecule has 0 bridgehead atoms. The Kier molecular flexibility index (Phi) is 12.4. The van der Waals surface area contributed by atoms with Crippen LogP contribution in [-0.4, -0.2) is 92.9 Å². The van der Waals surface area contributed by atoms with Crippen LogP contribution in [0.3, 0.4) is 0 Å². The number of nitrogens with one attached hydrogen (secondary N) is 1. The van der Waals surface area contributed by atoms with Crippen LogP contribution in [0.15, 0.2) is 21.9 Å². The Bertz CT molecular complexity index is 1210. The Hall–Kier alpha value is -2.25. The van der Waals surface area contributed by atoms with Gasteiger partial charge >= 0.3 is 19.7 Å². The average Bonchev–Trinajstić information content (AvgIpc) is 3.02. The molecular formula is C23H38FN2O15P. The number of carbonyl (C=O) groups is 1. The Morgan fingerprint density at radius 2 is 1.74 bits per heavy atom. The number of nitrogens with zero attached hydrogens (tertiary/aromatic N) is 1. The Balaban J connectivity index is 2.33. The number of ether oxygens (including phenoxy) is 5. The SMILES string of the molecule is CC(C)OC(=O)OC(C)OP(=O)(OC[C@@]1(CF)O[C@@H](n2ccc(=O)[nH]c2=O)[C@](C)(O)[C@@H]1O)OC(C)OC(O)OC(C)C. The maximum atomic E-state index is 14.5. The van der Waals surface area contributed by atoms with E-state index in [-0.39, 0.29) is 0 Å². The number of aromatic amines is 1. The zero-order chi connectivity index (χ0) is 32.0. The van der Waals surface area contributed by atoms with Crippen LogP contribution in [0.1, 0.15) is 54.7 Å². The molecule has 4 unspecified atom stereocenters. The van der Waals surface area contributed by atoms with Crippen molar-refractivity contribution >= 4 is 14.0 Å². The fraction of sp³-hybridized carbons (Fsp3) is 0.783. The van der Waals surface area contributed by atoms with Crippen LogP contribution in [0.5, 0.6) is 0 Å². The number of aromatic nitrogens is 2. The summed E-state index contributed by atoms with van der Waals surface area (Å²) in [5, 5.41) is 31.7. The van der Waals surface area contributed by atoms with Gasteiger partial charge in [0.25, 0.3) is 12.0 Å². The van der Waals surface area contributed by atoms with E-state index in [1.165, 1.54) is 6.92 Å². The summed E-state index contributed by atoms with van der Waals surface area (Å²) in [6, 6.07) is 0.930. The van der Waals surface area contributed by atoms with Crippen molar-refractivity contribution in [1.82, 2.24) is 9.55 Å². The molecule has 8 atom stereocenters. The first-order chi connectivity index (χ1) is 19.3. The topological polar surface area (TPSA) is 224 Å². The van der Waals surface area contributed by atoms with Crippen molar-refractivity contribution in [3.63, 3.8) is 0 Å². The van der Waals surface area contributed by atoms with Crippen molar-refractivity contribution in [2.75, 3.05) is 13.3 Å². The van der Waals surface area contributed by atoms with Crippen molar-refractivity contribution in [3.8, 4) is 0 Å². The van der Waals surface area contributed by atoms with Gasteiger partial charge in [0.15, 0.2) is 18.1 Å². The van der Waals surface area contributed by atoms with E-state index in [4.69, 9.17) is 37.3 Å². The zero-order valence-electron chi connectivity index (χ0n) is 24.1. The van der Waals surface area contributed by atoms with Gasteiger partial charge in [0.1, 0.15) is 18.4 Å². The lowest BCUT2D eigenvalue weighted by Crippen LogP contribution is -2.53. The number of phosphoric ester groups is 1. The first kappa shape index (κ1) is 35.9. The third-order valence-corrected chi connectivity index (χ3v) is 7.10. The number of phosphoric acid groups is 1. The van der Waals surface area contributed by atoms with Gasteiger partial charge in [0, 0.05) is 12.3 Å². The first-order valence-electron chi connectivity index (χ1n) is 12.8. The quantitative estimate of drug-likeness (QED) is 0.120. The average molecular weight is 633 g/mol. The van der Waals surface area contributed by atoms with Crippen molar-refractivity contribution in [2.24, 2.45) is 0 Å². The summed E-state index contributed by atoms with van der Waals surface area (Å²) in [5.41, 5.74) is -6.63. The normalized spacial score (nSPS) is 27.9. The highest BCUT2D eigenvalue weighted by atomic mass is 31.2. The van der Waals surface area contributed by atoms with E-state index in [1.807, 2.05) is 4.98 Å². The highest BCUT2D eigenvalue weighted by Gasteiger charge is 2.63. The number of aliphatic hydroxyl groups is 3. The molecule has 1 aromatic rings. The summed E-state index contributed by atoms with van der Waals surface area (Å²) in [5.74, 6) is 0. The summed E-state index contributed by atoms with van der Waals surface area (Å²) >= 11 is 0. The number of H-pyrrole nitrogens is 1. The molecule has 2 rings (SSSR count). The molecule has 1 aliphatic rings. The van der Waals surface area contributed by atoms with Gasteiger partial charge in [-0.3, -0.25) is 28.1 Å². The van der Waals surface area contributed by atoms with Gasteiger partial charge < -0.3 is 34.3 Å². The molecule has 0 aromatic carbocycles.